The van der Waals surface area contributed by atoms with E-state index in [0.29, 0.717) is 23.7 Å². The van der Waals surface area contributed by atoms with Crippen molar-refractivity contribution in [2.45, 2.75) is 78.6 Å². The van der Waals surface area contributed by atoms with E-state index in [1.807, 2.05) is 43.3 Å². The minimum Gasteiger partial charge on any atom is -0.494 e. The minimum atomic E-state index is -0.422. The molecule has 0 N–H and O–H groups in total. The number of ether oxygens (including phenoxy) is 3. The number of hydrogen-bond acceptors (Lipinski definition) is 6. The topological polar surface area (TPSA) is 61.8 Å². The van der Waals surface area contributed by atoms with Crippen LogP contribution >= 0.6 is 11.8 Å². The largest absolute Gasteiger partial charge is 0.494 e. The fourth-order valence-corrected chi connectivity index (χ4v) is 5.09. The first kappa shape index (κ1) is 31.5. The van der Waals surface area contributed by atoms with Crippen molar-refractivity contribution in [3.05, 3.63) is 66.2 Å². The van der Waals surface area contributed by atoms with Crippen molar-refractivity contribution in [3.63, 3.8) is 0 Å². The van der Waals surface area contributed by atoms with E-state index < -0.39 is 5.97 Å². The van der Waals surface area contributed by atoms with Crippen LogP contribution in [-0.2, 0) is 4.79 Å². The van der Waals surface area contributed by atoms with Crippen LogP contribution in [0.3, 0.4) is 0 Å². The molecule has 0 aromatic heterocycles. The Bertz CT molecular complexity index is 1190. The molecule has 216 valence electrons. The summed E-state index contributed by atoms with van der Waals surface area (Å²) in [6, 6.07) is 18.0. The molecule has 6 heteroatoms. The van der Waals surface area contributed by atoms with E-state index in [1.54, 1.807) is 36.0 Å². The van der Waals surface area contributed by atoms with Crippen molar-refractivity contribution in [1.29, 1.82) is 0 Å². The normalized spacial score (nSPS) is 11.8. The van der Waals surface area contributed by atoms with Gasteiger partial charge in [0.15, 0.2) is 0 Å². The molecule has 0 amide bonds. The van der Waals surface area contributed by atoms with Gasteiger partial charge in [0.05, 0.1) is 18.1 Å². The van der Waals surface area contributed by atoms with Gasteiger partial charge in [0, 0.05) is 5.75 Å². The SMILES string of the molecule is CCCCCCCCCCCOc1ccc(C(=O)Oc2ccc3cc(OC(=O)[C@@H](C)CSCC)ccc3c2)cc1. The second-order valence-electron chi connectivity index (χ2n) is 10.2. The van der Waals surface area contributed by atoms with Gasteiger partial charge in [0.2, 0.25) is 0 Å². The van der Waals surface area contributed by atoms with Gasteiger partial charge in [-0.2, -0.15) is 11.8 Å². The number of benzene rings is 3. The molecular weight excluding hydrogens is 520 g/mol. The smallest absolute Gasteiger partial charge is 0.343 e. The average molecular weight is 565 g/mol. The van der Waals surface area contributed by atoms with Crippen LogP contribution < -0.4 is 14.2 Å². The maximum absolute atomic E-state index is 12.7. The van der Waals surface area contributed by atoms with Crippen LogP contribution in [0.25, 0.3) is 10.8 Å². The average Bonchev–Trinajstić information content (AvgIpc) is 2.97. The molecule has 0 unspecified atom stereocenters. The van der Waals surface area contributed by atoms with Gasteiger partial charge in [-0.05, 0) is 71.5 Å². The molecular formula is C34H44O5S. The molecule has 5 nitrogen and oxygen atoms in total. The van der Waals surface area contributed by atoms with Gasteiger partial charge in [-0.15, -0.1) is 0 Å². The van der Waals surface area contributed by atoms with Gasteiger partial charge in [0.25, 0.3) is 0 Å². The van der Waals surface area contributed by atoms with E-state index in [2.05, 4.69) is 13.8 Å². The van der Waals surface area contributed by atoms with E-state index in [9.17, 15) is 9.59 Å². The molecule has 0 aliphatic heterocycles. The zero-order valence-electron chi connectivity index (χ0n) is 24.3. The Morgan fingerprint density at radius 3 is 1.85 bits per heavy atom. The quantitative estimate of drug-likeness (QED) is 0.0872. The predicted molar refractivity (Wildman–Crippen MR) is 166 cm³/mol. The lowest BCUT2D eigenvalue weighted by molar-refractivity contribution is -0.137. The standard InChI is InChI=1S/C34H44O5S/c1-4-6-7-8-9-10-11-12-13-22-37-30-18-14-27(15-19-30)34(36)39-32-21-17-28-23-31(20-16-29(28)24-32)38-33(35)26(3)25-40-5-2/h14-21,23-24,26H,4-13,22,25H2,1-3H3/t26-/m0/s1. The summed E-state index contributed by atoms with van der Waals surface area (Å²) in [5, 5.41) is 1.79. The van der Waals surface area contributed by atoms with Crippen LogP contribution in [0.15, 0.2) is 60.7 Å². The fraction of sp³-hybridized carbons (Fsp3) is 0.471. The molecule has 3 aromatic carbocycles. The Balaban J connectivity index is 1.42. The fourth-order valence-electron chi connectivity index (χ4n) is 4.36. The van der Waals surface area contributed by atoms with Gasteiger partial charge in [-0.25, -0.2) is 4.79 Å². The number of carbonyl (C=O) groups is 2. The number of esters is 2. The Morgan fingerprint density at radius 2 is 1.25 bits per heavy atom. The highest BCUT2D eigenvalue weighted by atomic mass is 32.2. The molecule has 0 heterocycles. The van der Waals surface area contributed by atoms with Crippen LogP contribution in [0.5, 0.6) is 17.2 Å². The summed E-state index contributed by atoms with van der Waals surface area (Å²) < 4.78 is 17.0. The number of rotatable bonds is 18. The first-order valence-corrected chi connectivity index (χ1v) is 15.9. The first-order chi connectivity index (χ1) is 19.5. The van der Waals surface area contributed by atoms with Crippen molar-refractivity contribution in [2.75, 3.05) is 18.1 Å². The minimum absolute atomic E-state index is 0.164. The van der Waals surface area contributed by atoms with Gasteiger partial charge in [0.1, 0.15) is 17.2 Å². The summed E-state index contributed by atoms with van der Waals surface area (Å²) in [7, 11) is 0. The number of hydrogen-bond donors (Lipinski definition) is 0. The highest BCUT2D eigenvalue weighted by Crippen LogP contribution is 2.26. The molecule has 0 radical (unpaired) electrons. The number of unbranched alkanes of at least 4 members (excludes halogenated alkanes) is 8. The molecule has 3 aromatic rings. The van der Waals surface area contributed by atoms with Crippen molar-refractivity contribution in [3.8, 4) is 17.2 Å². The maximum atomic E-state index is 12.7. The maximum Gasteiger partial charge on any atom is 0.343 e. The summed E-state index contributed by atoms with van der Waals surface area (Å²) in [6.07, 6.45) is 11.5. The monoisotopic (exact) mass is 564 g/mol. The van der Waals surface area contributed by atoms with Crippen LogP contribution in [0, 0.1) is 5.92 Å². The third-order valence-electron chi connectivity index (χ3n) is 6.79. The van der Waals surface area contributed by atoms with Gasteiger partial charge >= 0.3 is 11.9 Å². The number of fused-ring (bicyclic) bond motifs is 1. The lowest BCUT2D eigenvalue weighted by Crippen LogP contribution is -2.19. The Kier molecular flexibility index (Phi) is 13.9. The van der Waals surface area contributed by atoms with Crippen molar-refractivity contribution in [1.82, 2.24) is 0 Å². The molecule has 0 saturated heterocycles. The summed E-state index contributed by atoms with van der Waals surface area (Å²) >= 11 is 1.72. The molecule has 0 saturated carbocycles. The number of carbonyl (C=O) groups excluding carboxylic acids is 2. The van der Waals surface area contributed by atoms with E-state index >= 15 is 0 Å². The molecule has 0 spiro atoms. The van der Waals surface area contributed by atoms with Gasteiger partial charge < -0.3 is 14.2 Å². The van der Waals surface area contributed by atoms with Crippen molar-refractivity contribution >= 4 is 34.5 Å². The second kappa shape index (κ2) is 17.6. The van der Waals surface area contributed by atoms with E-state index in [1.165, 1.54) is 51.4 Å². The zero-order chi connectivity index (χ0) is 28.6. The van der Waals surface area contributed by atoms with E-state index in [0.717, 1.165) is 34.4 Å². The summed E-state index contributed by atoms with van der Waals surface area (Å²) in [5.74, 6) is 2.63. The summed E-state index contributed by atoms with van der Waals surface area (Å²) in [5.41, 5.74) is 0.466. The Labute approximate surface area is 244 Å². The zero-order valence-corrected chi connectivity index (χ0v) is 25.1. The summed E-state index contributed by atoms with van der Waals surface area (Å²) in [6.45, 7) is 6.89. The van der Waals surface area contributed by atoms with Crippen molar-refractivity contribution in [2.24, 2.45) is 5.92 Å². The molecule has 0 aliphatic carbocycles. The van der Waals surface area contributed by atoms with Gasteiger partial charge in [-0.1, -0.05) is 84.3 Å². The first-order valence-electron chi connectivity index (χ1n) is 14.8. The number of thioether (sulfide) groups is 1. The second-order valence-corrected chi connectivity index (χ2v) is 11.6. The van der Waals surface area contributed by atoms with Crippen molar-refractivity contribution < 1.29 is 23.8 Å². The van der Waals surface area contributed by atoms with Crippen LogP contribution in [0.1, 0.15) is 88.9 Å². The third kappa shape index (κ3) is 10.9. The van der Waals surface area contributed by atoms with E-state index in [-0.39, 0.29) is 11.9 Å². The Hall–Kier alpha value is -2.99. The van der Waals surface area contributed by atoms with Crippen LogP contribution in [-0.4, -0.2) is 30.1 Å². The highest BCUT2D eigenvalue weighted by molar-refractivity contribution is 7.99. The predicted octanol–water partition coefficient (Wildman–Crippen LogP) is 9.26. The molecule has 1 atom stereocenters. The molecule has 40 heavy (non-hydrogen) atoms. The highest BCUT2D eigenvalue weighted by Gasteiger charge is 2.16. The molecule has 3 rings (SSSR count). The molecule has 0 fully saturated rings. The van der Waals surface area contributed by atoms with Crippen LogP contribution in [0.2, 0.25) is 0 Å². The lowest BCUT2D eigenvalue weighted by Gasteiger charge is -2.11. The lowest BCUT2D eigenvalue weighted by atomic mass is 10.1. The Morgan fingerprint density at radius 1 is 0.700 bits per heavy atom. The van der Waals surface area contributed by atoms with Crippen LogP contribution in [0.4, 0.5) is 0 Å². The molecule has 0 bridgehead atoms. The van der Waals surface area contributed by atoms with Gasteiger partial charge in [-0.3, -0.25) is 4.79 Å². The molecule has 0 aliphatic rings. The van der Waals surface area contributed by atoms with E-state index in [4.69, 9.17) is 14.2 Å². The third-order valence-corrected chi connectivity index (χ3v) is 7.94. The summed E-state index contributed by atoms with van der Waals surface area (Å²) in [4.78, 5) is 25.0.